The smallest absolute Gasteiger partial charge is 0.124 e. The van der Waals surface area contributed by atoms with Crippen LogP contribution in [-0.2, 0) is 0 Å². The zero-order chi connectivity index (χ0) is 13.0. The van der Waals surface area contributed by atoms with Crippen molar-refractivity contribution in [1.82, 2.24) is 5.32 Å². The maximum Gasteiger partial charge on any atom is 0.124 e. The first-order valence-corrected chi connectivity index (χ1v) is 7.63. The molecule has 100 valence electrons. The van der Waals surface area contributed by atoms with Crippen molar-refractivity contribution in [1.29, 1.82) is 0 Å². The molecule has 0 radical (unpaired) electrons. The van der Waals surface area contributed by atoms with Gasteiger partial charge in [0.1, 0.15) is 5.75 Å². The first kappa shape index (κ1) is 13.9. The van der Waals surface area contributed by atoms with E-state index >= 15 is 0 Å². The van der Waals surface area contributed by atoms with Gasteiger partial charge in [0, 0.05) is 16.1 Å². The number of benzene rings is 1. The van der Waals surface area contributed by atoms with Gasteiger partial charge in [-0.05, 0) is 44.5 Å². The lowest BCUT2D eigenvalue weighted by molar-refractivity contribution is 0.260. The Bertz CT molecular complexity index is 390. The summed E-state index contributed by atoms with van der Waals surface area (Å²) in [6.07, 6.45) is 5.39. The minimum absolute atomic E-state index is 0.398. The third-order valence-corrected chi connectivity index (χ3v) is 4.28. The van der Waals surface area contributed by atoms with Gasteiger partial charge in [-0.25, -0.2) is 0 Å². The molecule has 1 aliphatic carbocycles. The highest BCUT2D eigenvalue weighted by atomic mass is 79.9. The van der Waals surface area contributed by atoms with Crippen molar-refractivity contribution in [2.24, 2.45) is 5.92 Å². The summed E-state index contributed by atoms with van der Waals surface area (Å²) in [4.78, 5) is 0. The minimum Gasteiger partial charge on any atom is -0.494 e. The van der Waals surface area contributed by atoms with Crippen molar-refractivity contribution in [2.45, 2.75) is 38.6 Å². The number of halogens is 1. The van der Waals surface area contributed by atoms with Crippen LogP contribution in [-0.4, -0.2) is 13.7 Å². The largest absolute Gasteiger partial charge is 0.494 e. The Morgan fingerprint density at radius 3 is 2.78 bits per heavy atom. The van der Waals surface area contributed by atoms with Gasteiger partial charge < -0.3 is 10.1 Å². The highest BCUT2D eigenvalue weighted by Gasteiger charge is 2.24. The van der Waals surface area contributed by atoms with E-state index in [0.29, 0.717) is 12.6 Å². The van der Waals surface area contributed by atoms with Gasteiger partial charge in [0.05, 0.1) is 6.61 Å². The van der Waals surface area contributed by atoms with Crippen LogP contribution >= 0.6 is 15.9 Å². The molecule has 0 bridgehead atoms. The molecule has 0 spiro atoms. The zero-order valence-electron chi connectivity index (χ0n) is 11.2. The topological polar surface area (TPSA) is 21.3 Å². The Labute approximate surface area is 118 Å². The molecule has 1 aromatic carbocycles. The molecule has 2 nitrogen and oxygen atoms in total. The quantitative estimate of drug-likeness (QED) is 0.845. The van der Waals surface area contributed by atoms with Gasteiger partial charge in [-0.2, -0.15) is 0 Å². The number of rotatable bonds is 6. The number of ether oxygens (including phenoxy) is 1. The molecule has 0 heterocycles. The fourth-order valence-corrected chi connectivity index (χ4v) is 2.92. The second kappa shape index (κ2) is 6.58. The van der Waals surface area contributed by atoms with E-state index in [1.807, 2.05) is 20.0 Å². The molecule has 1 unspecified atom stereocenters. The Morgan fingerprint density at radius 2 is 2.22 bits per heavy atom. The Balaban J connectivity index is 2.18. The van der Waals surface area contributed by atoms with Crippen molar-refractivity contribution in [3.05, 3.63) is 28.2 Å². The molecule has 0 saturated heterocycles. The molecule has 1 N–H and O–H groups in total. The molecule has 2 rings (SSSR count). The van der Waals surface area contributed by atoms with Gasteiger partial charge in [-0.1, -0.05) is 35.2 Å². The van der Waals surface area contributed by atoms with Crippen molar-refractivity contribution < 1.29 is 4.74 Å². The lowest BCUT2D eigenvalue weighted by Crippen LogP contribution is -2.23. The van der Waals surface area contributed by atoms with E-state index in [0.717, 1.165) is 16.1 Å². The van der Waals surface area contributed by atoms with Gasteiger partial charge >= 0.3 is 0 Å². The van der Waals surface area contributed by atoms with E-state index in [-0.39, 0.29) is 0 Å². The van der Waals surface area contributed by atoms with Gasteiger partial charge in [-0.15, -0.1) is 0 Å². The van der Waals surface area contributed by atoms with Crippen LogP contribution in [0.5, 0.6) is 5.75 Å². The van der Waals surface area contributed by atoms with Crippen molar-refractivity contribution in [3.63, 3.8) is 0 Å². The fraction of sp³-hybridized carbons (Fsp3) is 0.600. The summed E-state index contributed by atoms with van der Waals surface area (Å²) in [5.74, 6) is 1.90. The van der Waals surface area contributed by atoms with E-state index in [9.17, 15) is 0 Å². The summed E-state index contributed by atoms with van der Waals surface area (Å²) in [6.45, 7) is 2.75. The van der Waals surface area contributed by atoms with E-state index in [2.05, 4.69) is 33.4 Å². The second-order valence-corrected chi connectivity index (χ2v) is 5.90. The third-order valence-electron chi connectivity index (χ3n) is 3.79. The molecule has 1 aliphatic rings. The van der Waals surface area contributed by atoms with E-state index < -0.39 is 0 Å². The average Bonchev–Trinajstić information content (AvgIpc) is 2.31. The Kier molecular flexibility index (Phi) is 5.07. The summed E-state index contributed by atoms with van der Waals surface area (Å²) < 4.78 is 6.87. The summed E-state index contributed by atoms with van der Waals surface area (Å²) in [7, 11) is 2.04. The van der Waals surface area contributed by atoms with E-state index in [4.69, 9.17) is 4.74 Å². The molecule has 0 amide bonds. The molecule has 1 atom stereocenters. The van der Waals surface area contributed by atoms with Gasteiger partial charge in [0.2, 0.25) is 0 Å². The first-order valence-electron chi connectivity index (χ1n) is 6.84. The fourth-order valence-electron chi connectivity index (χ4n) is 2.54. The molecule has 18 heavy (non-hydrogen) atoms. The molecular weight excluding hydrogens is 290 g/mol. The molecule has 1 fully saturated rings. The van der Waals surface area contributed by atoms with Crippen LogP contribution in [0.4, 0.5) is 0 Å². The summed E-state index contributed by atoms with van der Waals surface area (Å²) in [5, 5.41) is 3.44. The maximum absolute atomic E-state index is 5.75. The van der Waals surface area contributed by atoms with Crippen molar-refractivity contribution in [2.75, 3.05) is 13.7 Å². The van der Waals surface area contributed by atoms with Gasteiger partial charge in [0.15, 0.2) is 0 Å². The van der Waals surface area contributed by atoms with Crippen molar-refractivity contribution in [3.8, 4) is 5.75 Å². The van der Waals surface area contributed by atoms with Crippen molar-refractivity contribution >= 4 is 15.9 Å². The maximum atomic E-state index is 5.75. The monoisotopic (exact) mass is 311 g/mol. The number of hydrogen-bond donors (Lipinski definition) is 1. The lowest BCUT2D eigenvalue weighted by atomic mass is 9.79. The van der Waals surface area contributed by atoms with Crippen LogP contribution in [0.3, 0.4) is 0 Å². The van der Waals surface area contributed by atoms with Crippen LogP contribution in [0.2, 0.25) is 0 Å². The van der Waals surface area contributed by atoms with E-state index in [1.54, 1.807) is 0 Å². The normalized spacial score (nSPS) is 17.3. The minimum atomic E-state index is 0.398. The van der Waals surface area contributed by atoms with Crippen LogP contribution in [0.1, 0.15) is 44.2 Å². The molecule has 0 aromatic heterocycles. The number of hydrogen-bond acceptors (Lipinski definition) is 2. The summed E-state index contributed by atoms with van der Waals surface area (Å²) in [5.41, 5.74) is 1.28. The van der Waals surface area contributed by atoms with Crippen LogP contribution in [0, 0.1) is 5.92 Å². The highest BCUT2D eigenvalue weighted by molar-refractivity contribution is 9.10. The SMILES string of the molecule is CCOc1ccc(Br)cc1C(CC1CCC1)NC. The predicted molar refractivity (Wildman–Crippen MR) is 79.1 cm³/mol. The van der Waals surface area contributed by atoms with Gasteiger partial charge in [0.25, 0.3) is 0 Å². The summed E-state index contributed by atoms with van der Waals surface area (Å²) >= 11 is 3.56. The Hall–Kier alpha value is -0.540. The predicted octanol–water partition coefficient (Wildman–Crippen LogP) is 4.30. The molecule has 1 aromatic rings. The van der Waals surface area contributed by atoms with Crippen LogP contribution < -0.4 is 10.1 Å². The first-order chi connectivity index (χ1) is 8.74. The number of nitrogens with one attached hydrogen (secondary N) is 1. The highest BCUT2D eigenvalue weighted by Crippen LogP contribution is 2.38. The molecular formula is C15H22BrNO. The lowest BCUT2D eigenvalue weighted by Gasteiger charge is -2.30. The second-order valence-electron chi connectivity index (χ2n) is 4.99. The molecule has 3 heteroatoms. The third kappa shape index (κ3) is 3.27. The Morgan fingerprint density at radius 1 is 1.44 bits per heavy atom. The van der Waals surface area contributed by atoms with E-state index in [1.165, 1.54) is 31.2 Å². The molecule has 1 saturated carbocycles. The average molecular weight is 312 g/mol. The van der Waals surface area contributed by atoms with Crippen LogP contribution in [0.15, 0.2) is 22.7 Å². The van der Waals surface area contributed by atoms with Gasteiger partial charge in [-0.3, -0.25) is 0 Å². The van der Waals surface area contributed by atoms with Crippen LogP contribution in [0.25, 0.3) is 0 Å². The summed E-state index contributed by atoms with van der Waals surface area (Å²) in [6, 6.07) is 6.69. The standard InChI is InChI=1S/C15H22BrNO/c1-3-18-15-8-7-12(16)10-13(15)14(17-2)9-11-5-4-6-11/h7-8,10-11,14,17H,3-6,9H2,1-2H3. The molecule has 0 aliphatic heterocycles. The zero-order valence-corrected chi connectivity index (χ0v) is 12.8.